The lowest BCUT2D eigenvalue weighted by atomic mass is 9.94. The van der Waals surface area contributed by atoms with E-state index in [4.69, 9.17) is 4.74 Å². The molecule has 1 aliphatic carbocycles. The third-order valence-electron chi connectivity index (χ3n) is 5.47. The summed E-state index contributed by atoms with van der Waals surface area (Å²) in [5, 5.41) is 15.1. The Kier molecular flexibility index (Phi) is 6.90. The maximum atomic E-state index is 12.2. The highest BCUT2D eigenvalue weighted by Gasteiger charge is 2.30. The van der Waals surface area contributed by atoms with Gasteiger partial charge in [-0.25, -0.2) is 0 Å². The number of fused-ring (bicyclic) bond motifs is 1. The number of hydrogen-bond acceptors (Lipinski definition) is 4. The number of carboxylic acid groups (broad SMARTS) is 1. The summed E-state index contributed by atoms with van der Waals surface area (Å²) in [5.41, 5.74) is 1.89. The van der Waals surface area contributed by atoms with Crippen LogP contribution >= 0.6 is 0 Å². The van der Waals surface area contributed by atoms with E-state index in [1.54, 1.807) is 0 Å². The number of anilines is 1. The average Bonchev–Trinajstić information content (AvgIpc) is 2.90. The Hall–Kier alpha value is -2.57. The number of aliphatic carboxylic acids is 1. The van der Waals surface area contributed by atoms with Gasteiger partial charge < -0.3 is 20.5 Å². The van der Waals surface area contributed by atoms with Crippen LogP contribution in [-0.4, -0.2) is 35.5 Å². The third-order valence-corrected chi connectivity index (χ3v) is 5.47. The minimum Gasteiger partial charge on any atom is -0.494 e. The fraction of sp³-hybridized carbons (Fsp3) is 0.571. The highest BCUT2D eigenvalue weighted by Crippen LogP contribution is 2.27. The van der Waals surface area contributed by atoms with Crippen molar-refractivity contribution in [2.24, 2.45) is 5.92 Å². The van der Waals surface area contributed by atoms with E-state index in [1.807, 2.05) is 18.2 Å². The highest BCUT2D eigenvalue weighted by molar-refractivity contribution is 5.94. The largest absolute Gasteiger partial charge is 0.494 e. The average molecular weight is 388 g/mol. The summed E-state index contributed by atoms with van der Waals surface area (Å²) in [4.78, 5) is 35.1. The summed E-state index contributed by atoms with van der Waals surface area (Å²) >= 11 is 0. The summed E-state index contributed by atoms with van der Waals surface area (Å²) in [7, 11) is 0. The van der Waals surface area contributed by atoms with Gasteiger partial charge in [-0.3, -0.25) is 14.4 Å². The van der Waals surface area contributed by atoms with Crippen LogP contribution in [0.15, 0.2) is 18.2 Å². The van der Waals surface area contributed by atoms with Crippen molar-refractivity contribution in [3.05, 3.63) is 23.8 Å². The standard InChI is InChI=1S/C21H28N2O5/c24-19(23-18-6-3-1-2-5-16(18)21(26)27)7-4-12-28-15-9-10-17-14(13-15)8-11-20(25)22-17/h9-10,13,16,18H,1-8,11-12H2,(H,22,25)(H,23,24)(H,26,27)/t16-,18+/m1/s1. The Morgan fingerprint density at radius 1 is 1.18 bits per heavy atom. The molecule has 1 heterocycles. The maximum Gasteiger partial charge on any atom is 0.308 e. The molecule has 0 saturated heterocycles. The van der Waals surface area contributed by atoms with Gasteiger partial charge in [0.05, 0.1) is 12.5 Å². The van der Waals surface area contributed by atoms with E-state index in [1.165, 1.54) is 0 Å². The first-order valence-electron chi connectivity index (χ1n) is 10.1. The lowest BCUT2D eigenvalue weighted by Gasteiger charge is -2.23. The number of aryl methyl sites for hydroxylation is 1. The molecular formula is C21H28N2O5. The lowest BCUT2D eigenvalue weighted by Crippen LogP contribution is -2.42. The molecule has 1 saturated carbocycles. The molecule has 7 nitrogen and oxygen atoms in total. The van der Waals surface area contributed by atoms with E-state index in [0.717, 1.165) is 42.7 Å². The van der Waals surface area contributed by atoms with Crippen LogP contribution in [0.3, 0.4) is 0 Å². The Morgan fingerprint density at radius 2 is 2.00 bits per heavy atom. The Morgan fingerprint density at radius 3 is 2.82 bits per heavy atom. The van der Waals surface area contributed by atoms with Gasteiger partial charge in [0.15, 0.2) is 0 Å². The van der Waals surface area contributed by atoms with Crippen LogP contribution in [0.4, 0.5) is 5.69 Å². The van der Waals surface area contributed by atoms with Gasteiger partial charge in [0.2, 0.25) is 11.8 Å². The number of amides is 2. The lowest BCUT2D eigenvalue weighted by molar-refractivity contribution is -0.143. The number of rotatable bonds is 7. The topological polar surface area (TPSA) is 105 Å². The van der Waals surface area contributed by atoms with Crippen molar-refractivity contribution >= 4 is 23.5 Å². The molecule has 0 spiro atoms. The fourth-order valence-corrected chi connectivity index (χ4v) is 3.93. The molecule has 1 aromatic carbocycles. The van der Waals surface area contributed by atoms with Crippen molar-refractivity contribution in [2.45, 2.75) is 63.8 Å². The Balaban J connectivity index is 1.41. The quantitative estimate of drug-likeness (QED) is 0.492. The third kappa shape index (κ3) is 5.47. The number of ether oxygens (including phenoxy) is 1. The van der Waals surface area contributed by atoms with E-state index in [0.29, 0.717) is 38.7 Å². The predicted molar refractivity (Wildman–Crippen MR) is 104 cm³/mol. The Labute approximate surface area is 164 Å². The summed E-state index contributed by atoms with van der Waals surface area (Å²) in [6.45, 7) is 0.408. The molecule has 7 heteroatoms. The van der Waals surface area contributed by atoms with E-state index >= 15 is 0 Å². The predicted octanol–water partition coefficient (Wildman–Crippen LogP) is 2.88. The minimum atomic E-state index is -0.820. The smallest absolute Gasteiger partial charge is 0.308 e. The van der Waals surface area contributed by atoms with Gasteiger partial charge >= 0.3 is 5.97 Å². The number of benzene rings is 1. The zero-order valence-electron chi connectivity index (χ0n) is 16.0. The molecule has 152 valence electrons. The molecule has 3 rings (SSSR count). The molecule has 3 N–H and O–H groups in total. The maximum absolute atomic E-state index is 12.2. The van der Waals surface area contributed by atoms with Gasteiger partial charge in [-0.2, -0.15) is 0 Å². The van der Waals surface area contributed by atoms with Crippen molar-refractivity contribution in [3.63, 3.8) is 0 Å². The van der Waals surface area contributed by atoms with Gasteiger partial charge in [0.1, 0.15) is 5.75 Å². The molecular weight excluding hydrogens is 360 g/mol. The van der Waals surface area contributed by atoms with Gasteiger partial charge in [0.25, 0.3) is 0 Å². The van der Waals surface area contributed by atoms with Gasteiger partial charge in [-0.1, -0.05) is 19.3 Å². The van der Waals surface area contributed by atoms with Crippen LogP contribution in [0.2, 0.25) is 0 Å². The van der Waals surface area contributed by atoms with Crippen LogP contribution in [-0.2, 0) is 20.8 Å². The highest BCUT2D eigenvalue weighted by atomic mass is 16.5. The van der Waals surface area contributed by atoms with E-state index in [-0.39, 0.29) is 17.9 Å². The first kappa shape index (κ1) is 20.2. The number of hydrogen-bond donors (Lipinski definition) is 3. The molecule has 1 aliphatic heterocycles. The molecule has 0 unspecified atom stereocenters. The molecule has 0 bridgehead atoms. The molecule has 1 aromatic rings. The summed E-state index contributed by atoms with van der Waals surface area (Å²) in [6.07, 6.45) is 6.29. The number of carboxylic acids is 1. The van der Waals surface area contributed by atoms with Crippen LogP contribution in [0.25, 0.3) is 0 Å². The monoisotopic (exact) mass is 388 g/mol. The fourth-order valence-electron chi connectivity index (χ4n) is 3.93. The second-order valence-corrected chi connectivity index (χ2v) is 7.58. The second kappa shape index (κ2) is 9.57. The first-order valence-corrected chi connectivity index (χ1v) is 10.1. The van der Waals surface area contributed by atoms with E-state index in [2.05, 4.69) is 10.6 Å². The number of nitrogens with one attached hydrogen (secondary N) is 2. The van der Waals surface area contributed by atoms with E-state index in [9.17, 15) is 19.5 Å². The number of carbonyl (C=O) groups excluding carboxylic acids is 2. The summed E-state index contributed by atoms with van der Waals surface area (Å²) < 4.78 is 5.73. The summed E-state index contributed by atoms with van der Waals surface area (Å²) in [5.74, 6) is -0.663. The van der Waals surface area contributed by atoms with Gasteiger partial charge in [-0.05, 0) is 49.4 Å². The molecule has 1 fully saturated rings. The normalized spacial score (nSPS) is 21.8. The molecule has 0 radical (unpaired) electrons. The van der Waals surface area contributed by atoms with Crippen LogP contribution in [0.1, 0.15) is 56.9 Å². The second-order valence-electron chi connectivity index (χ2n) is 7.58. The van der Waals surface area contributed by atoms with Crippen molar-refractivity contribution in [1.29, 1.82) is 0 Å². The zero-order chi connectivity index (χ0) is 19.9. The first-order chi connectivity index (χ1) is 13.5. The minimum absolute atomic E-state index is 0.0333. The van der Waals surface area contributed by atoms with Crippen molar-refractivity contribution in [3.8, 4) is 5.75 Å². The molecule has 28 heavy (non-hydrogen) atoms. The van der Waals surface area contributed by atoms with Crippen molar-refractivity contribution in [2.75, 3.05) is 11.9 Å². The van der Waals surface area contributed by atoms with Crippen LogP contribution in [0, 0.1) is 5.92 Å². The molecule has 2 atom stereocenters. The van der Waals surface area contributed by atoms with Gasteiger partial charge in [-0.15, -0.1) is 0 Å². The Bertz CT molecular complexity index is 734. The van der Waals surface area contributed by atoms with Crippen molar-refractivity contribution in [1.82, 2.24) is 5.32 Å². The van der Waals surface area contributed by atoms with Crippen LogP contribution in [0.5, 0.6) is 5.75 Å². The summed E-state index contributed by atoms with van der Waals surface area (Å²) in [6, 6.07) is 5.31. The van der Waals surface area contributed by atoms with Gasteiger partial charge in [0, 0.05) is 24.6 Å². The molecule has 2 amide bonds. The molecule has 2 aliphatic rings. The number of carbonyl (C=O) groups is 3. The van der Waals surface area contributed by atoms with E-state index < -0.39 is 11.9 Å². The SMILES string of the molecule is O=C1CCc2cc(OCCCC(=O)N[C@H]3CCCCC[C@H]3C(=O)O)ccc2N1. The molecule has 0 aromatic heterocycles. The van der Waals surface area contributed by atoms with Crippen LogP contribution < -0.4 is 15.4 Å². The van der Waals surface area contributed by atoms with Crippen molar-refractivity contribution < 1.29 is 24.2 Å². The zero-order valence-corrected chi connectivity index (χ0v) is 16.0.